The van der Waals surface area contributed by atoms with Crippen molar-refractivity contribution in [3.05, 3.63) is 58.6 Å². The van der Waals surface area contributed by atoms with Crippen molar-refractivity contribution in [1.29, 1.82) is 0 Å². The Balaban J connectivity index is 1.80. The number of benzene rings is 2. The Morgan fingerprint density at radius 2 is 2.00 bits per heavy atom. The van der Waals surface area contributed by atoms with Gasteiger partial charge in [0.25, 0.3) is 0 Å². The van der Waals surface area contributed by atoms with Gasteiger partial charge in [-0.05, 0) is 35.4 Å². The van der Waals surface area contributed by atoms with Crippen molar-refractivity contribution in [3.63, 3.8) is 0 Å². The van der Waals surface area contributed by atoms with E-state index in [0.717, 1.165) is 23.3 Å². The van der Waals surface area contributed by atoms with Crippen molar-refractivity contribution in [2.75, 3.05) is 6.61 Å². The van der Waals surface area contributed by atoms with Crippen LogP contribution in [0.5, 0.6) is 5.75 Å². The first-order valence-corrected chi connectivity index (χ1v) is 8.41. The molecule has 1 heterocycles. The van der Waals surface area contributed by atoms with Gasteiger partial charge in [-0.3, -0.25) is 0 Å². The van der Waals surface area contributed by atoms with Crippen molar-refractivity contribution in [2.45, 2.75) is 17.9 Å². The topological polar surface area (TPSA) is 55.4 Å². The zero-order chi connectivity index (χ0) is 14.9. The molecule has 21 heavy (non-hydrogen) atoms. The summed E-state index contributed by atoms with van der Waals surface area (Å²) >= 11 is 6.02. The Labute approximate surface area is 128 Å². The van der Waals surface area contributed by atoms with Gasteiger partial charge in [-0.2, -0.15) is 0 Å². The average Bonchev–Trinajstić information content (AvgIpc) is 2.94. The SMILES string of the molecule is O=S(=O)(NCc1ccccc1Cl)c1ccc2c(c1)CCO2. The van der Waals surface area contributed by atoms with Crippen LogP contribution in [0.4, 0.5) is 0 Å². The van der Waals surface area contributed by atoms with Crippen LogP contribution < -0.4 is 9.46 Å². The number of ether oxygens (including phenoxy) is 1. The third kappa shape index (κ3) is 3.05. The summed E-state index contributed by atoms with van der Waals surface area (Å²) in [6.45, 7) is 0.765. The quantitative estimate of drug-likeness (QED) is 0.941. The largest absolute Gasteiger partial charge is 0.493 e. The van der Waals surface area contributed by atoms with Crippen LogP contribution >= 0.6 is 11.6 Å². The molecule has 0 atom stereocenters. The maximum absolute atomic E-state index is 12.3. The highest BCUT2D eigenvalue weighted by atomic mass is 35.5. The summed E-state index contributed by atoms with van der Waals surface area (Å²) in [5, 5.41) is 0.544. The van der Waals surface area contributed by atoms with Crippen molar-refractivity contribution in [1.82, 2.24) is 4.72 Å². The molecule has 110 valence electrons. The Bertz CT molecular complexity index is 774. The molecular weight excluding hydrogens is 310 g/mol. The lowest BCUT2D eigenvalue weighted by Crippen LogP contribution is -2.23. The van der Waals surface area contributed by atoms with E-state index in [9.17, 15) is 8.42 Å². The minimum absolute atomic E-state index is 0.162. The van der Waals surface area contributed by atoms with Crippen LogP contribution in [0.25, 0.3) is 0 Å². The summed E-state index contributed by atoms with van der Waals surface area (Å²) in [5.74, 6) is 0.764. The van der Waals surface area contributed by atoms with Gasteiger partial charge in [-0.1, -0.05) is 29.8 Å². The van der Waals surface area contributed by atoms with Crippen molar-refractivity contribution >= 4 is 21.6 Å². The van der Waals surface area contributed by atoms with Gasteiger partial charge in [0.15, 0.2) is 0 Å². The molecule has 0 unspecified atom stereocenters. The molecular formula is C15H14ClNO3S. The van der Waals surface area contributed by atoms with Crippen molar-refractivity contribution in [2.24, 2.45) is 0 Å². The molecule has 1 N–H and O–H groups in total. The van der Waals surface area contributed by atoms with Crippen LogP contribution in [-0.4, -0.2) is 15.0 Å². The standard InChI is InChI=1S/C15H14ClNO3S/c16-14-4-2-1-3-12(14)10-17-21(18,19)13-5-6-15-11(9-13)7-8-20-15/h1-6,9,17H,7-8,10H2. The Morgan fingerprint density at radius 3 is 2.81 bits per heavy atom. The summed E-state index contributed by atoms with van der Waals surface area (Å²) in [6, 6.07) is 12.1. The normalized spacial score (nSPS) is 13.8. The van der Waals surface area contributed by atoms with E-state index >= 15 is 0 Å². The van der Waals surface area contributed by atoms with E-state index in [4.69, 9.17) is 16.3 Å². The zero-order valence-corrected chi connectivity index (χ0v) is 12.7. The van der Waals surface area contributed by atoms with Crippen molar-refractivity contribution < 1.29 is 13.2 Å². The Morgan fingerprint density at radius 1 is 1.19 bits per heavy atom. The molecule has 0 amide bonds. The molecule has 0 aromatic heterocycles. The molecule has 0 aliphatic carbocycles. The van der Waals surface area contributed by atoms with E-state index in [1.54, 1.807) is 36.4 Å². The van der Waals surface area contributed by atoms with Crippen molar-refractivity contribution in [3.8, 4) is 5.75 Å². The number of hydrogen-bond donors (Lipinski definition) is 1. The number of rotatable bonds is 4. The smallest absolute Gasteiger partial charge is 0.240 e. The van der Waals surface area contributed by atoms with E-state index in [0.29, 0.717) is 11.6 Å². The fourth-order valence-electron chi connectivity index (χ4n) is 2.23. The summed E-state index contributed by atoms with van der Waals surface area (Å²) in [6.07, 6.45) is 0.739. The Kier molecular flexibility index (Phi) is 3.89. The molecule has 0 saturated carbocycles. The summed E-state index contributed by atoms with van der Waals surface area (Å²) in [5.41, 5.74) is 1.67. The molecule has 4 nitrogen and oxygen atoms in total. The Hall–Kier alpha value is -1.56. The highest BCUT2D eigenvalue weighted by Crippen LogP contribution is 2.27. The van der Waals surface area contributed by atoms with Gasteiger partial charge in [0, 0.05) is 18.0 Å². The lowest BCUT2D eigenvalue weighted by molar-refractivity contribution is 0.356. The molecule has 2 aromatic carbocycles. The number of fused-ring (bicyclic) bond motifs is 1. The lowest BCUT2D eigenvalue weighted by atomic mass is 10.2. The first kappa shape index (κ1) is 14.4. The average molecular weight is 324 g/mol. The van der Waals surface area contributed by atoms with Gasteiger partial charge in [-0.15, -0.1) is 0 Å². The summed E-state index contributed by atoms with van der Waals surface area (Å²) in [7, 11) is -3.56. The maximum Gasteiger partial charge on any atom is 0.240 e. The minimum Gasteiger partial charge on any atom is -0.493 e. The van der Waals surface area contributed by atoms with E-state index in [1.165, 1.54) is 0 Å². The third-order valence-electron chi connectivity index (χ3n) is 3.38. The van der Waals surface area contributed by atoms with Crippen LogP contribution in [0.1, 0.15) is 11.1 Å². The molecule has 1 aliphatic rings. The number of nitrogens with one attached hydrogen (secondary N) is 1. The van der Waals surface area contributed by atoms with Crippen LogP contribution in [0.15, 0.2) is 47.4 Å². The fourth-order valence-corrected chi connectivity index (χ4v) is 3.49. The predicted octanol–water partition coefficient (Wildman–Crippen LogP) is 2.75. The van der Waals surface area contributed by atoms with Crippen LogP contribution in [0, 0.1) is 0 Å². The van der Waals surface area contributed by atoms with Crippen LogP contribution in [0.2, 0.25) is 5.02 Å². The highest BCUT2D eigenvalue weighted by molar-refractivity contribution is 7.89. The van der Waals surface area contributed by atoms with Crippen LogP contribution in [0.3, 0.4) is 0 Å². The molecule has 0 radical (unpaired) electrons. The lowest BCUT2D eigenvalue weighted by Gasteiger charge is -2.09. The molecule has 0 saturated heterocycles. The monoisotopic (exact) mass is 323 g/mol. The maximum atomic E-state index is 12.3. The summed E-state index contributed by atoms with van der Waals surface area (Å²) in [4.78, 5) is 0.249. The molecule has 6 heteroatoms. The first-order valence-electron chi connectivity index (χ1n) is 6.55. The van der Waals surface area contributed by atoms with Gasteiger partial charge >= 0.3 is 0 Å². The molecule has 0 spiro atoms. The second-order valence-corrected chi connectivity index (χ2v) is 6.96. The molecule has 0 fully saturated rings. The molecule has 3 rings (SSSR count). The highest BCUT2D eigenvalue weighted by Gasteiger charge is 2.19. The number of hydrogen-bond acceptors (Lipinski definition) is 3. The predicted molar refractivity (Wildman–Crippen MR) is 81.1 cm³/mol. The molecule has 0 bridgehead atoms. The first-order chi connectivity index (χ1) is 10.1. The van der Waals surface area contributed by atoms with Gasteiger partial charge < -0.3 is 4.74 Å². The van der Waals surface area contributed by atoms with Gasteiger partial charge in [0.05, 0.1) is 11.5 Å². The van der Waals surface area contributed by atoms with E-state index in [-0.39, 0.29) is 11.4 Å². The third-order valence-corrected chi connectivity index (χ3v) is 5.15. The zero-order valence-electron chi connectivity index (χ0n) is 11.2. The second-order valence-electron chi connectivity index (χ2n) is 4.78. The molecule has 1 aliphatic heterocycles. The minimum atomic E-state index is -3.56. The molecule has 2 aromatic rings. The van der Waals surface area contributed by atoms with Gasteiger partial charge in [0.2, 0.25) is 10.0 Å². The summed E-state index contributed by atoms with van der Waals surface area (Å²) < 4.78 is 32.6. The van der Waals surface area contributed by atoms with Gasteiger partial charge in [0.1, 0.15) is 5.75 Å². The number of sulfonamides is 1. The van der Waals surface area contributed by atoms with Crippen LogP contribution in [-0.2, 0) is 23.0 Å². The van der Waals surface area contributed by atoms with Gasteiger partial charge in [-0.25, -0.2) is 13.1 Å². The number of halogens is 1. The van der Waals surface area contributed by atoms with E-state index in [1.807, 2.05) is 6.07 Å². The second kappa shape index (κ2) is 5.67. The van der Waals surface area contributed by atoms with E-state index < -0.39 is 10.0 Å². The fraction of sp³-hybridized carbons (Fsp3) is 0.200. The van der Waals surface area contributed by atoms with E-state index in [2.05, 4.69) is 4.72 Å².